The van der Waals surface area contributed by atoms with Crippen molar-refractivity contribution >= 4 is 15.9 Å². The van der Waals surface area contributed by atoms with Crippen molar-refractivity contribution in [2.75, 3.05) is 6.61 Å². The van der Waals surface area contributed by atoms with Crippen molar-refractivity contribution in [3.05, 3.63) is 64.6 Å². The predicted octanol–water partition coefficient (Wildman–Crippen LogP) is 3.92. The average molecular weight is 306 g/mol. The number of halogens is 1. The molecule has 0 saturated heterocycles. The van der Waals surface area contributed by atoms with Gasteiger partial charge in [0.05, 0.1) is 6.61 Å². The highest BCUT2D eigenvalue weighted by Crippen LogP contribution is 2.18. The Labute approximate surface area is 116 Å². The second kappa shape index (κ2) is 6.57. The van der Waals surface area contributed by atoms with E-state index >= 15 is 0 Å². The molecular formula is C15H16BrNO. The molecule has 1 atom stereocenters. The number of benzene rings is 2. The van der Waals surface area contributed by atoms with E-state index in [4.69, 9.17) is 10.5 Å². The first-order valence-electron chi connectivity index (χ1n) is 5.94. The fourth-order valence-corrected chi connectivity index (χ4v) is 1.97. The normalized spacial score (nSPS) is 12.1. The molecule has 0 aliphatic carbocycles. The van der Waals surface area contributed by atoms with Crippen molar-refractivity contribution in [1.82, 2.24) is 0 Å². The lowest BCUT2D eigenvalue weighted by Crippen LogP contribution is -2.14. The van der Waals surface area contributed by atoms with Crippen molar-refractivity contribution < 1.29 is 4.74 Å². The van der Waals surface area contributed by atoms with Gasteiger partial charge in [0.2, 0.25) is 0 Å². The minimum absolute atomic E-state index is 0.0293. The Morgan fingerprint density at radius 1 is 1.00 bits per heavy atom. The summed E-state index contributed by atoms with van der Waals surface area (Å²) in [5.74, 6) is 0.874. The Bertz CT molecular complexity index is 470. The first kappa shape index (κ1) is 13.1. The Morgan fingerprint density at radius 2 is 1.67 bits per heavy atom. The van der Waals surface area contributed by atoms with E-state index in [0.29, 0.717) is 6.61 Å². The molecule has 94 valence electrons. The summed E-state index contributed by atoms with van der Waals surface area (Å²) in [6.07, 6.45) is 0.806. The molecule has 0 saturated carbocycles. The van der Waals surface area contributed by atoms with E-state index in [1.165, 1.54) is 0 Å². The molecule has 0 heterocycles. The van der Waals surface area contributed by atoms with Gasteiger partial charge < -0.3 is 10.5 Å². The number of ether oxygens (including phenoxy) is 1. The molecule has 2 N–H and O–H groups in total. The summed E-state index contributed by atoms with van der Waals surface area (Å²) in [5.41, 5.74) is 7.25. The summed E-state index contributed by atoms with van der Waals surface area (Å²) in [6.45, 7) is 0.623. The third-order valence-corrected chi connectivity index (χ3v) is 3.27. The zero-order valence-corrected chi connectivity index (χ0v) is 11.6. The van der Waals surface area contributed by atoms with E-state index in [1.54, 1.807) is 0 Å². The van der Waals surface area contributed by atoms with Gasteiger partial charge >= 0.3 is 0 Å². The van der Waals surface area contributed by atoms with E-state index in [9.17, 15) is 0 Å². The van der Waals surface area contributed by atoms with Gasteiger partial charge in [-0.1, -0.05) is 46.3 Å². The largest absolute Gasteiger partial charge is 0.494 e. The third-order valence-electron chi connectivity index (χ3n) is 2.74. The number of hydrogen-bond donors (Lipinski definition) is 1. The van der Waals surface area contributed by atoms with Gasteiger partial charge in [-0.05, 0) is 29.8 Å². The lowest BCUT2D eigenvalue weighted by atomic mass is 10.1. The highest BCUT2D eigenvalue weighted by atomic mass is 79.9. The van der Waals surface area contributed by atoms with Crippen LogP contribution in [0.25, 0.3) is 0 Å². The number of nitrogens with two attached hydrogens (primary N) is 1. The quantitative estimate of drug-likeness (QED) is 0.908. The monoisotopic (exact) mass is 305 g/mol. The SMILES string of the molecule is NC(CCOc1ccc(Br)cc1)c1ccccc1. The minimum atomic E-state index is 0.0293. The van der Waals surface area contributed by atoms with Gasteiger partial charge in [-0.15, -0.1) is 0 Å². The smallest absolute Gasteiger partial charge is 0.119 e. The average Bonchev–Trinajstić information content (AvgIpc) is 2.42. The number of rotatable bonds is 5. The summed E-state index contributed by atoms with van der Waals surface area (Å²) in [4.78, 5) is 0. The number of hydrogen-bond acceptors (Lipinski definition) is 2. The molecule has 2 aromatic carbocycles. The molecule has 0 aromatic heterocycles. The molecule has 0 bridgehead atoms. The maximum Gasteiger partial charge on any atom is 0.119 e. The topological polar surface area (TPSA) is 35.2 Å². The maximum atomic E-state index is 6.10. The summed E-state index contributed by atoms with van der Waals surface area (Å²) >= 11 is 3.39. The van der Waals surface area contributed by atoms with E-state index in [0.717, 1.165) is 22.2 Å². The van der Waals surface area contributed by atoms with Crippen molar-refractivity contribution in [1.29, 1.82) is 0 Å². The van der Waals surface area contributed by atoms with Gasteiger partial charge in [-0.2, -0.15) is 0 Å². The Morgan fingerprint density at radius 3 is 2.33 bits per heavy atom. The Balaban J connectivity index is 1.80. The summed E-state index contributed by atoms with van der Waals surface area (Å²) in [5, 5.41) is 0. The van der Waals surface area contributed by atoms with E-state index in [1.807, 2.05) is 54.6 Å². The van der Waals surface area contributed by atoms with Gasteiger partial charge in [0, 0.05) is 16.9 Å². The molecule has 3 heteroatoms. The van der Waals surface area contributed by atoms with Crippen molar-refractivity contribution in [3.8, 4) is 5.75 Å². The third kappa shape index (κ3) is 3.86. The van der Waals surface area contributed by atoms with Crippen LogP contribution in [0.1, 0.15) is 18.0 Å². The molecule has 0 spiro atoms. The zero-order valence-electron chi connectivity index (χ0n) is 10.1. The molecule has 2 nitrogen and oxygen atoms in total. The van der Waals surface area contributed by atoms with Crippen LogP contribution in [0.15, 0.2) is 59.1 Å². The summed E-state index contributed by atoms with van der Waals surface area (Å²) < 4.78 is 6.70. The molecule has 0 aliphatic rings. The molecule has 0 radical (unpaired) electrons. The van der Waals surface area contributed by atoms with Gasteiger partial charge in [-0.25, -0.2) is 0 Å². The van der Waals surface area contributed by atoms with E-state index < -0.39 is 0 Å². The van der Waals surface area contributed by atoms with Crippen molar-refractivity contribution in [2.24, 2.45) is 5.73 Å². The molecule has 18 heavy (non-hydrogen) atoms. The van der Waals surface area contributed by atoms with Crippen molar-refractivity contribution in [3.63, 3.8) is 0 Å². The highest BCUT2D eigenvalue weighted by molar-refractivity contribution is 9.10. The lowest BCUT2D eigenvalue weighted by molar-refractivity contribution is 0.298. The standard InChI is InChI=1S/C15H16BrNO/c16-13-6-8-14(9-7-13)18-11-10-15(17)12-4-2-1-3-5-12/h1-9,15H,10-11,17H2. The second-order valence-corrected chi connectivity index (χ2v) is 5.02. The van der Waals surface area contributed by atoms with Crippen LogP contribution in [-0.2, 0) is 0 Å². The van der Waals surface area contributed by atoms with Crippen molar-refractivity contribution in [2.45, 2.75) is 12.5 Å². The Kier molecular flexibility index (Phi) is 4.79. The molecule has 1 unspecified atom stereocenters. The van der Waals surface area contributed by atoms with Gasteiger partial charge in [0.1, 0.15) is 5.75 Å². The van der Waals surface area contributed by atoms with Crippen LogP contribution in [0.4, 0.5) is 0 Å². The Hall–Kier alpha value is -1.32. The van der Waals surface area contributed by atoms with Crippen LogP contribution in [0.3, 0.4) is 0 Å². The fourth-order valence-electron chi connectivity index (χ4n) is 1.70. The van der Waals surface area contributed by atoms with Crippen LogP contribution in [0.5, 0.6) is 5.75 Å². The molecular weight excluding hydrogens is 290 g/mol. The van der Waals surface area contributed by atoms with E-state index in [-0.39, 0.29) is 6.04 Å². The zero-order chi connectivity index (χ0) is 12.8. The van der Waals surface area contributed by atoms with Gasteiger partial charge in [-0.3, -0.25) is 0 Å². The first-order chi connectivity index (χ1) is 8.75. The summed E-state index contributed by atoms with van der Waals surface area (Å²) in [6, 6.07) is 17.9. The molecule has 0 amide bonds. The first-order valence-corrected chi connectivity index (χ1v) is 6.74. The van der Waals surface area contributed by atoms with E-state index in [2.05, 4.69) is 15.9 Å². The summed E-state index contributed by atoms with van der Waals surface area (Å²) in [7, 11) is 0. The maximum absolute atomic E-state index is 6.10. The van der Waals surface area contributed by atoms with Gasteiger partial charge in [0.25, 0.3) is 0 Å². The van der Waals surface area contributed by atoms with Gasteiger partial charge in [0.15, 0.2) is 0 Å². The predicted molar refractivity (Wildman–Crippen MR) is 77.6 cm³/mol. The molecule has 0 fully saturated rings. The highest BCUT2D eigenvalue weighted by Gasteiger charge is 2.05. The van der Waals surface area contributed by atoms with Crippen LogP contribution in [-0.4, -0.2) is 6.61 Å². The van der Waals surface area contributed by atoms with Crippen LogP contribution >= 0.6 is 15.9 Å². The second-order valence-electron chi connectivity index (χ2n) is 4.11. The van der Waals surface area contributed by atoms with Crippen LogP contribution < -0.4 is 10.5 Å². The molecule has 0 aliphatic heterocycles. The molecule has 2 aromatic rings. The van der Waals surface area contributed by atoms with Crippen LogP contribution in [0.2, 0.25) is 0 Å². The minimum Gasteiger partial charge on any atom is -0.494 e. The fraction of sp³-hybridized carbons (Fsp3) is 0.200. The molecule has 2 rings (SSSR count). The lowest BCUT2D eigenvalue weighted by Gasteiger charge is -2.12. The van der Waals surface area contributed by atoms with Crippen LogP contribution in [0, 0.1) is 0 Å².